The molecule has 0 aliphatic rings. The van der Waals surface area contributed by atoms with Gasteiger partial charge in [-0.25, -0.2) is 9.59 Å². The predicted octanol–water partition coefficient (Wildman–Crippen LogP) is 2.30. The van der Waals surface area contributed by atoms with Gasteiger partial charge < -0.3 is 30.0 Å². The molecule has 1 unspecified atom stereocenters. The highest BCUT2D eigenvalue weighted by atomic mass is 16.6. The van der Waals surface area contributed by atoms with Crippen LogP contribution in [-0.2, 0) is 25.6 Å². The lowest BCUT2D eigenvalue weighted by atomic mass is 9.96. The van der Waals surface area contributed by atoms with Gasteiger partial charge in [0.1, 0.15) is 12.2 Å². The Balaban J connectivity index is 2.79. The number of aliphatic carboxylic acids is 1. The molecule has 0 aliphatic heterocycles. The standard InChI is InChI=1S/C19H28N2O7/c1-18(2,3)28-16(24)20-12-19(13-26-4,10-15(22)23)21-17(25)27-11-14-8-6-5-7-9-14/h5-9H,10-13H2,1-4H3,(H,20,24)(H,21,25)(H,22,23). The summed E-state index contributed by atoms with van der Waals surface area (Å²) >= 11 is 0. The van der Waals surface area contributed by atoms with E-state index >= 15 is 0 Å². The van der Waals surface area contributed by atoms with Gasteiger partial charge in [-0.2, -0.15) is 0 Å². The highest BCUT2D eigenvalue weighted by Crippen LogP contribution is 2.13. The molecule has 1 atom stereocenters. The van der Waals surface area contributed by atoms with Crippen LogP contribution in [0.5, 0.6) is 0 Å². The number of alkyl carbamates (subject to hydrolysis) is 2. The van der Waals surface area contributed by atoms with Crippen LogP contribution in [0, 0.1) is 0 Å². The third kappa shape index (κ3) is 9.22. The van der Waals surface area contributed by atoms with Crippen molar-refractivity contribution in [3.8, 4) is 0 Å². The number of carbonyl (C=O) groups excluding carboxylic acids is 2. The molecule has 1 aromatic carbocycles. The highest BCUT2D eigenvalue weighted by molar-refractivity contribution is 5.74. The Hall–Kier alpha value is -2.81. The molecule has 2 amide bonds. The third-order valence-electron chi connectivity index (χ3n) is 3.46. The highest BCUT2D eigenvalue weighted by Gasteiger charge is 2.36. The quantitative estimate of drug-likeness (QED) is 0.585. The van der Waals surface area contributed by atoms with Crippen LogP contribution in [0.15, 0.2) is 30.3 Å². The molecule has 0 saturated carbocycles. The zero-order valence-electron chi connectivity index (χ0n) is 16.6. The van der Waals surface area contributed by atoms with Crippen LogP contribution < -0.4 is 10.6 Å². The molecule has 9 nitrogen and oxygen atoms in total. The second kappa shape index (κ2) is 10.5. The van der Waals surface area contributed by atoms with Gasteiger partial charge in [0.25, 0.3) is 0 Å². The van der Waals surface area contributed by atoms with E-state index in [1.54, 1.807) is 45.0 Å². The van der Waals surface area contributed by atoms with Crippen molar-refractivity contribution in [1.29, 1.82) is 0 Å². The first-order valence-corrected chi connectivity index (χ1v) is 8.72. The normalized spacial score (nSPS) is 13.1. The monoisotopic (exact) mass is 396 g/mol. The molecule has 9 heteroatoms. The molecular formula is C19H28N2O7. The van der Waals surface area contributed by atoms with Crippen molar-refractivity contribution in [2.24, 2.45) is 0 Å². The molecule has 0 fully saturated rings. The molecule has 0 spiro atoms. The van der Waals surface area contributed by atoms with Crippen molar-refractivity contribution in [2.75, 3.05) is 20.3 Å². The van der Waals surface area contributed by atoms with Crippen LogP contribution in [-0.4, -0.2) is 54.7 Å². The fourth-order valence-corrected chi connectivity index (χ4v) is 2.39. The van der Waals surface area contributed by atoms with E-state index in [9.17, 15) is 19.5 Å². The first-order valence-electron chi connectivity index (χ1n) is 8.72. The summed E-state index contributed by atoms with van der Waals surface area (Å²) in [7, 11) is 1.36. The second-order valence-electron chi connectivity index (χ2n) is 7.33. The Morgan fingerprint density at radius 2 is 1.71 bits per heavy atom. The maximum absolute atomic E-state index is 12.2. The summed E-state index contributed by atoms with van der Waals surface area (Å²) in [6, 6.07) is 9.03. The van der Waals surface area contributed by atoms with Gasteiger partial charge in [0, 0.05) is 13.7 Å². The van der Waals surface area contributed by atoms with E-state index in [1.807, 2.05) is 6.07 Å². The molecule has 0 aromatic heterocycles. The van der Waals surface area contributed by atoms with E-state index in [-0.39, 0.29) is 19.8 Å². The largest absolute Gasteiger partial charge is 0.481 e. The smallest absolute Gasteiger partial charge is 0.408 e. The van der Waals surface area contributed by atoms with Crippen molar-refractivity contribution < 1.29 is 33.7 Å². The fourth-order valence-electron chi connectivity index (χ4n) is 2.39. The number of rotatable bonds is 9. The fraction of sp³-hybridized carbons (Fsp3) is 0.526. The Kier molecular flexibility index (Phi) is 8.72. The summed E-state index contributed by atoms with van der Waals surface area (Å²) in [5.74, 6) is -1.17. The van der Waals surface area contributed by atoms with Crippen LogP contribution in [0.4, 0.5) is 9.59 Å². The summed E-state index contributed by atoms with van der Waals surface area (Å²) in [5.41, 5.74) is -1.35. The molecule has 0 heterocycles. The summed E-state index contributed by atoms with van der Waals surface area (Å²) in [6.45, 7) is 4.74. The lowest BCUT2D eigenvalue weighted by Gasteiger charge is -2.33. The maximum atomic E-state index is 12.2. The van der Waals surface area contributed by atoms with Gasteiger partial charge in [-0.1, -0.05) is 30.3 Å². The predicted molar refractivity (Wildman–Crippen MR) is 101 cm³/mol. The van der Waals surface area contributed by atoms with Crippen LogP contribution in [0.1, 0.15) is 32.8 Å². The zero-order valence-corrected chi connectivity index (χ0v) is 16.6. The minimum Gasteiger partial charge on any atom is -0.481 e. The molecule has 0 saturated heterocycles. The van der Waals surface area contributed by atoms with E-state index < -0.39 is 35.7 Å². The van der Waals surface area contributed by atoms with Gasteiger partial charge in [0.05, 0.1) is 18.6 Å². The molecule has 0 bridgehead atoms. The number of nitrogens with one attached hydrogen (secondary N) is 2. The van der Waals surface area contributed by atoms with Gasteiger partial charge in [-0.3, -0.25) is 4.79 Å². The van der Waals surface area contributed by atoms with Crippen molar-refractivity contribution in [3.63, 3.8) is 0 Å². The maximum Gasteiger partial charge on any atom is 0.408 e. The topological polar surface area (TPSA) is 123 Å². The lowest BCUT2D eigenvalue weighted by Crippen LogP contribution is -2.59. The van der Waals surface area contributed by atoms with E-state index in [2.05, 4.69) is 10.6 Å². The molecule has 28 heavy (non-hydrogen) atoms. The Morgan fingerprint density at radius 1 is 1.07 bits per heavy atom. The zero-order chi connectivity index (χ0) is 21.2. The van der Waals surface area contributed by atoms with Gasteiger partial charge in [-0.05, 0) is 26.3 Å². The number of carboxylic acids is 1. The summed E-state index contributed by atoms with van der Waals surface area (Å²) in [4.78, 5) is 35.5. The van der Waals surface area contributed by atoms with Crippen LogP contribution in [0.2, 0.25) is 0 Å². The number of benzene rings is 1. The van der Waals surface area contributed by atoms with Gasteiger partial charge in [0.15, 0.2) is 0 Å². The first kappa shape index (κ1) is 23.2. The average molecular weight is 396 g/mol. The van der Waals surface area contributed by atoms with Crippen LogP contribution >= 0.6 is 0 Å². The van der Waals surface area contributed by atoms with E-state index in [4.69, 9.17) is 14.2 Å². The van der Waals surface area contributed by atoms with Crippen molar-refractivity contribution in [3.05, 3.63) is 35.9 Å². The Labute approximate surface area is 164 Å². The minimum atomic E-state index is -1.41. The van der Waals surface area contributed by atoms with Crippen LogP contribution in [0.3, 0.4) is 0 Å². The van der Waals surface area contributed by atoms with Crippen molar-refractivity contribution >= 4 is 18.2 Å². The molecule has 1 rings (SSSR count). The molecular weight excluding hydrogens is 368 g/mol. The number of hydrogen-bond donors (Lipinski definition) is 3. The lowest BCUT2D eigenvalue weighted by molar-refractivity contribution is -0.139. The van der Waals surface area contributed by atoms with Crippen LogP contribution in [0.25, 0.3) is 0 Å². The van der Waals surface area contributed by atoms with Gasteiger partial charge in [0.2, 0.25) is 0 Å². The van der Waals surface area contributed by atoms with Crippen molar-refractivity contribution in [2.45, 2.75) is 44.9 Å². The number of carbonyl (C=O) groups is 3. The van der Waals surface area contributed by atoms with E-state index in [0.29, 0.717) is 0 Å². The average Bonchev–Trinajstić information content (AvgIpc) is 2.57. The molecule has 0 aliphatic carbocycles. The summed E-state index contributed by atoms with van der Waals surface area (Å²) in [6.07, 6.45) is -2.05. The number of ether oxygens (including phenoxy) is 3. The molecule has 156 valence electrons. The van der Waals surface area contributed by atoms with Crippen molar-refractivity contribution in [1.82, 2.24) is 10.6 Å². The summed E-state index contributed by atoms with van der Waals surface area (Å²) < 4.78 is 15.4. The van der Waals surface area contributed by atoms with E-state index in [0.717, 1.165) is 5.56 Å². The van der Waals surface area contributed by atoms with Gasteiger partial charge >= 0.3 is 18.2 Å². The minimum absolute atomic E-state index is 0.0162. The number of methoxy groups -OCH3 is 1. The molecule has 1 aromatic rings. The number of hydrogen-bond acceptors (Lipinski definition) is 6. The molecule has 3 N–H and O–H groups in total. The van der Waals surface area contributed by atoms with E-state index in [1.165, 1.54) is 7.11 Å². The third-order valence-corrected chi connectivity index (χ3v) is 3.46. The Bertz CT molecular complexity index is 658. The summed E-state index contributed by atoms with van der Waals surface area (Å²) in [5, 5.41) is 14.2. The second-order valence-corrected chi connectivity index (χ2v) is 7.33. The molecule has 0 radical (unpaired) electrons. The number of amides is 2. The van der Waals surface area contributed by atoms with Gasteiger partial charge in [-0.15, -0.1) is 0 Å². The number of carboxylic acid groups (broad SMARTS) is 1. The SMILES string of the molecule is COCC(CNC(=O)OC(C)(C)C)(CC(=O)O)NC(=O)OCc1ccccc1. The first-order chi connectivity index (χ1) is 13.1. The Morgan fingerprint density at radius 3 is 2.25 bits per heavy atom.